The Morgan fingerprint density at radius 3 is 2.62 bits per heavy atom. The van der Waals surface area contributed by atoms with Gasteiger partial charge in [0.05, 0.1) is 17.7 Å². The van der Waals surface area contributed by atoms with Crippen LogP contribution in [0.1, 0.15) is 5.56 Å². The van der Waals surface area contributed by atoms with E-state index in [2.05, 4.69) is 10.0 Å². The van der Waals surface area contributed by atoms with Gasteiger partial charge in [-0.25, -0.2) is 13.1 Å². The summed E-state index contributed by atoms with van der Waals surface area (Å²) in [5.41, 5.74) is 0.836. The number of halogens is 1. The van der Waals surface area contributed by atoms with Crippen LogP contribution in [0.4, 0.5) is 0 Å². The molecule has 1 rings (SSSR count). The van der Waals surface area contributed by atoms with E-state index < -0.39 is 10.0 Å². The first-order chi connectivity index (χ1) is 9.94. The van der Waals surface area contributed by atoms with Gasteiger partial charge in [-0.15, -0.1) is 0 Å². The Hall–Kier alpha value is -0.700. The third-order valence-electron chi connectivity index (χ3n) is 2.85. The lowest BCUT2D eigenvalue weighted by Crippen LogP contribution is -2.35. The second-order valence-electron chi connectivity index (χ2n) is 4.46. The van der Waals surface area contributed by atoms with Gasteiger partial charge in [0, 0.05) is 27.3 Å². The van der Waals surface area contributed by atoms with E-state index in [0.29, 0.717) is 13.2 Å². The van der Waals surface area contributed by atoms with Crippen LogP contribution in [-0.2, 0) is 26.0 Å². The molecule has 1 atom stereocenters. The number of sulfonamides is 1. The molecule has 0 bridgehead atoms. The lowest BCUT2D eigenvalue weighted by atomic mass is 10.2. The summed E-state index contributed by atoms with van der Waals surface area (Å²) < 4.78 is 37.2. The van der Waals surface area contributed by atoms with Crippen molar-refractivity contribution in [2.75, 3.05) is 34.4 Å². The molecule has 0 aliphatic carbocycles. The van der Waals surface area contributed by atoms with Crippen molar-refractivity contribution in [2.24, 2.45) is 0 Å². The second kappa shape index (κ2) is 8.67. The van der Waals surface area contributed by atoms with Crippen molar-refractivity contribution in [3.63, 3.8) is 0 Å². The van der Waals surface area contributed by atoms with Gasteiger partial charge in [-0.2, -0.15) is 0 Å². The lowest BCUT2D eigenvalue weighted by Gasteiger charge is -2.16. The standard InChI is InChI=1S/C13H21ClN2O4S/c1-15-7-10-4-5-12(14)13(6-10)21(17,18)16-8-11(20-3)9-19-2/h4-6,11,15-16H,7-9H2,1-3H3. The lowest BCUT2D eigenvalue weighted by molar-refractivity contribution is 0.0320. The van der Waals surface area contributed by atoms with Crippen LogP contribution in [0.5, 0.6) is 0 Å². The molecule has 21 heavy (non-hydrogen) atoms. The summed E-state index contributed by atoms with van der Waals surface area (Å²) in [6.07, 6.45) is -0.357. The normalized spacial score (nSPS) is 13.3. The molecule has 0 aliphatic rings. The Morgan fingerprint density at radius 1 is 1.33 bits per heavy atom. The highest BCUT2D eigenvalue weighted by Gasteiger charge is 2.20. The Balaban J connectivity index is 2.89. The number of hydrogen-bond acceptors (Lipinski definition) is 5. The van der Waals surface area contributed by atoms with Crippen LogP contribution < -0.4 is 10.0 Å². The molecule has 0 aliphatic heterocycles. The van der Waals surface area contributed by atoms with Crippen LogP contribution >= 0.6 is 11.6 Å². The topological polar surface area (TPSA) is 76.7 Å². The predicted molar refractivity (Wildman–Crippen MR) is 82.1 cm³/mol. The molecular formula is C13H21ClN2O4S. The van der Waals surface area contributed by atoms with Gasteiger partial charge in [0.25, 0.3) is 0 Å². The number of benzene rings is 1. The fourth-order valence-electron chi connectivity index (χ4n) is 1.74. The molecule has 6 nitrogen and oxygen atoms in total. The van der Waals surface area contributed by atoms with E-state index >= 15 is 0 Å². The zero-order chi connectivity index (χ0) is 15.9. The number of methoxy groups -OCH3 is 2. The maximum absolute atomic E-state index is 12.3. The van der Waals surface area contributed by atoms with E-state index in [-0.39, 0.29) is 22.6 Å². The predicted octanol–water partition coefficient (Wildman–Crippen LogP) is 0.999. The third-order valence-corrected chi connectivity index (χ3v) is 4.76. The van der Waals surface area contributed by atoms with E-state index in [4.69, 9.17) is 21.1 Å². The van der Waals surface area contributed by atoms with E-state index in [9.17, 15) is 8.42 Å². The second-order valence-corrected chi connectivity index (χ2v) is 6.60. The van der Waals surface area contributed by atoms with Crippen LogP contribution in [0.15, 0.2) is 23.1 Å². The third kappa shape index (κ3) is 5.54. The fourth-order valence-corrected chi connectivity index (χ4v) is 3.36. The highest BCUT2D eigenvalue weighted by Crippen LogP contribution is 2.22. The van der Waals surface area contributed by atoms with Crippen LogP contribution in [0.25, 0.3) is 0 Å². The Kier molecular flexibility index (Phi) is 7.58. The minimum absolute atomic E-state index is 0.0594. The molecule has 2 N–H and O–H groups in total. The summed E-state index contributed by atoms with van der Waals surface area (Å²) in [7, 11) is 1.11. The number of rotatable bonds is 9. The molecule has 0 fully saturated rings. The summed E-state index contributed by atoms with van der Waals surface area (Å²) in [6, 6.07) is 4.91. The van der Waals surface area contributed by atoms with Crippen molar-refractivity contribution < 1.29 is 17.9 Å². The average molecular weight is 337 g/mol. The first-order valence-corrected chi connectivity index (χ1v) is 8.25. The summed E-state index contributed by atoms with van der Waals surface area (Å²) >= 11 is 6.00. The molecule has 8 heteroatoms. The van der Waals surface area contributed by atoms with Crippen LogP contribution in [0, 0.1) is 0 Å². The van der Waals surface area contributed by atoms with Crippen LogP contribution in [-0.4, -0.2) is 48.9 Å². The number of nitrogens with one attached hydrogen (secondary N) is 2. The highest BCUT2D eigenvalue weighted by atomic mass is 35.5. The summed E-state index contributed by atoms with van der Waals surface area (Å²) in [5.74, 6) is 0. The monoisotopic (exact) mass is 336 g/mol. The first kappa shape index (κ1) is 18.3. The van der Waals surface area contributed by atoms with Gasteiger partial charge in [-0.05, 0) is 24.7 Å². The summed E-state index contributed by atoms with van der Waals surface area (Å²) in [6.45, 7) is 0.968. The van der Waals surface area contributed by atoms with Crippen molar-refractivity contribution >= 4 is 21.6 Å². The molecule has 0 amide bonds. The van der Waals surface area contributed by atoms with E-state index in [1.165, 1.54) is 14.2 Å². The van der Waals surface area contributed by atoms with Crippen molar-refractivity contribution in [3.05, 3.63) is 28.8 Å². The highest BCUT2D eigenvalue weighted by molar-refractivity contribution is 7.89. The summed E-state index contributed by atoms with van der Waals surface area (Å²) in [5, 5.41) is 3.15. The van der Waals surface area contributed by atoms with Gasteiger partial charge < -0.3 is 14.8 Å². The van der Waals surface area contributed by atoms with Gasteiger partial charge in [-0.1, -0.05) is 17.7 Å². The molecule has 0 radical (unpaired) electrons. The number of hydrogen-bond donors (Lipinski definition) is 2. The molecule has 1 aromatic carbocycles. The molecule has 1 aromatic rings. The molecule has 1 unspecified atom stereocenters. The van der Waals surface area contributed by atoms with Crippen molar-refractivity contribution in [3.8, 4) is 0 Å². The van der Waals surface area contributed by atoms with Gasteiger partial charge >= 0.3 is 0 Å². The molecule has 120 valence electrons. The van der Waals surface area contributed by atoms with Gasteiger partial charge in [-0.3, -0.25) is 0 Å². The van der Waals surface area contributed by atoms with Gasteiger partial charge in [0.15, 0.2) is 0 Å². The first-order valence-electron chi connectivity index (χ1n) is 6.39. The Labute approximate surface area is 130 Å². The zero-order valence-corrected chi connectivity index (χ0v) is 13.9. The minimum Gasteiger partial charge on any atom is -0.382 e. The molecule has 0 saturated heterocycles. The largest absolute Gasteiger partial charge is 0.382 e. The minimum atomic E-state index is -3.70. The summed E-state index contributed by atoms with van der Waals surface area (Å²) in [4.78, 5) is 0.0594. The fraction of sp³-hybridized carbons (Fsp3) is 0.538. The Bertz CT molecular complexity index is 551. The van der Waals surface area contributed by atoms with Gasteiger partial charge in [0.1, 0.15) is 4.90 Å². The van der Waals surface area contributed by atoms with Crippen LogP contribution in [0.2, 0.25) is 5.02 Å². The van der Waals surface area contributed by atoms with E-state index in [0.717, 1.165) is 5.56 Å². The van der Waals surface area contributed by atoms with E-state index in [1.54, 1.807) is 25.2 Å². The molecular weight excluding hydrogens is 316 g/mol. The van der Waals surface area contributed by atoms with Crippen LogP contribution in [0.3, 0.4) is 0 Å². The van der Waals surface area contributed by atoms with Gasteiger partial charge in [0.2, 0.25) is 10.0 Å². The maximum atomic E-state index is 12.3. The zero-order valence-electron chi connectivity index (χ0n) is 12.3. The quantitative estimate of drug-likeness (QED) is 0.703. The maximum Gasteiger partial charge on any atom is 0.242 e. The molecule has 0 aromatic heterocycles. The van der Waals surface area contributed by atoms with Crippen molar-refractivity contribution in [1.29, 1.82) is 0 Å². The molecule has 0 spiro atoms. The number of ether oxygens (including phenoxy) is 2. The average Bonchev–Trinajstić information content (AvgIpc) is 2.45. The molecule has 0 saturated carbocycles. The van der Waals surface area contributed by atoms with Crippen molar-refractivity contribution in [2.45, 2.75) is 17.5 Å². The van der Waals surface area contributed by atoms with Crippen molar-refractivity contribution in [1.82, 2.24) is 10.0 Å². The smallest absolute Gasteiger partial charge is 0.242 e. The Morgan fingerprint density at radius 2 is 2.05 bits per heavy atom. The van der Waals surface area contributed by atoms with E-state index in [1.807, 2.05) is 0 Å². The SMILES string of the molecule is CNCc1ccc(Cl)c(S(=O)(=O)NCC(COC)OC)c1. The molecule has 0 heterocycles.